The molecule has 0 fully saturated rings. The van der Waals surface area contributed by atoms with Crippen molar-refractivity contribution in [2.75, 3.05) is 19.8 Å². The van der Waals surface area contributed by atoms with Gasteiger partial charge in [-0.1, -0.05) is 25.4 Å². The minimum Gasteiger partial charge on any atom is -0.380 e. The Morgan fingerprint density at radius 1 is 1.39 bits per heavy atom. The second-order valence-electron chi connectivity index (χ2n) is 4.27. The van der Waals surface area contributed by atoms with Gasteiger partial charge in [0.2, 0.25) is 0 Å². The molecule has 0 radical (unpaired) electrons. The van der Waals surface area contributed by atoms with Crippen LogP contribution in [0.25, 0.3) is 0 Å². The summed E-state index contributed by atoms with van der Waals surface area (Å²) in [5.41, 5.74) is 0.633. The lowest BCUT2D eigenvalue weighted by Crippen LogP contribution is -2.35. The summed E-state index contributed by atoms with van der Waals surface area (Å²) in [5, 5.41) is 3.87. The summed E-state index contributed by atoms with van der Waals surface area (Å²) in [6.07, 6.45) is 1.58. The summed E-state index contributed by atoms with van der Waals surface area (Å²) in [4.78, 5) is 0. The molecular weight excluding hydrogens is 253 g/mol. The van der Waals surface area contributed by atoms with E-state index in [0.29, 0.717) is 23.6 Å². The number of benzene rings is 1. The van der Waals surface area contributed by atoms with Gasteiger partial charge in [-0.2, -0.15) is 0 Å². The Kier molecular flexibility index (Phi) is 7.25. The summed E-state index contributed by atoms with van der Waals surface area (Å²) in [5.74, 6) is -0.210. The van der Waals surface area contributed by atoms with Crippen molar-refractivity contribution in [2.45, 2.75) is 32.7 Å². The Bertz CT molecular complexity index is 360. The molecule has 4 heteroatoms. The molecule has 0 aliphatic rings. The fraction of sp³-hybridized carbons (Fsp3) is 0.571. The molecule has 1 N–H and O–H groups in total. The topological polar surface area (TPSA) is 21.3 Å². The maximum absolute atomic E-state index is 13.6. The first-order valence-electron chi connectivity index (χ1n) is 6.42. The van der Waals surface area contributed by atoms with E-state index in [1.165, 1.54) is 6.07 Å². The standard InChI is InChI=1S/C14H21ClFNO/c1-3-7-18-10-13(17-4-2)9-11-8-12(15)5-6-14(11)16/h5-6,8,13,17H,3-4,7,9-10H2,1-2H3. The van der Waals surface area contributed by atoms with E-state index < -0.39 is 0 Å². The number of hydrogen-bond donors (Lipinski definition) is 1. The zero-order chi connectivity index (χ0) is 13.4. The SMILES string of the molecule is CCCOCC(Cc1cc(Cl)ccc1F)NCC. The van der Waals surface area contributed by atoms with Crippen molar-refractivity contribution in [3.63, 3.8) is 0 Å². The maximum atomic E-state index is 13.6. The molecule has 0 amide bonds. The van der Waals surface area contributed by atoms with Crippen LogP contribution in [-0.4, -0.2) is 25.8 Å². The smallest absolute Gasteiger partial charge is 0.126 e. The van der Waals surface area contributed by atoms with Gasteiger partial charge in [0.15, 0.2) is 0 Å². The number of halogens is 2. The Morgan fingerprint density at radius 3 is 2.83 bits per heavy atom. The van der Waals surface area contributed by atoms with Crippen LogP contribution in [0.5, 0.6) is 0 Å². The summed E-state index contributed by atoms with van der Waals surface area (Å²) < 4.78 is 19.2. The molecule has 0 spiro atoms. The average molecular weight is 274 g/mol. The number of nitrogens with one attached hydrogen (secondary N) is 1. The highest BCUT2D eigenvalue weighted by Gasteiger charge is 2.12. The average Bonchev–Trinajstić information content (AvgIpc) is 2.34. The zero-order valence-corrected chi connectivity index (χ0v) is 11.8. The Hall–Kier alpha value is -0.640. The Labute approximate surface area is 113 Å². The van der Waals surface area contributed by atoms with Crippen molar-refractivity contribution in [1.82, 2.24) is 5.32 Å². The van der Waals surface area contributed by atoms with Crippen molar-refractivity contribution in [3.8, 4) is 0 Å². The molecule has 102 valence electrons. The van der Waals surface area contributed by atoms with Gasteiger partial charge in [0.25, 0.3) is 0 Å². The highest BCUT2D eigenvalue weighted by molar-refractivity contribution is 6.30. The van der Waals surface area contributed by atoms with E-state index in [-0.39, 0.29) is 11.9 Å². The third kappa shape index (κ3) is 5.34. The lowest BCUT2D eigenvalue weighted by Gasteiger charge is -2.18. The first-order chi connectivity index (χ1) is 8.67. The van der Waals surface area contributed by atoms with Crippen molar-refractivity contribution in [3.05, 3.63) is 34.6 Å². The first-order valence-corrected chi connectivity index (χ1v) is 6.80. The molecule has 0 aliphatic carbocycles. The Balaban J connectivity index is 2.60. The van der Waals surface area contributed by atoms with Gasteiger partial charge in [0.05, 0.1) is 6.61 Å². The molecule has 0 saturated carbocycles. The summed E-state index contributed by atoms with van der Waals surface area (Å²) in [6.45, 7) is 6.26. The summed E-state index contributed by atoms with van der Waals surface area (Å²) in [6, 6.07) is 4.78. The minimum atomic E-state index is -0.210. The molecule has 1 atom stereocenters. The van der Waals surface area contributed by atoms with E-state index in [1.54, 1.807) is 12.1 Å². The van der Waals surface area contributed by atoms with E-state index >= 15 is 0 Å². The quantitative estimate of drug-likeness (QED) is 0.733. The van der Waals surface area contributed by atoms with Gasteiger partial charge in [0, 0.05) is 17.7 Å². The molecule has 1 aromatic rings. The maximum Gasteiger partial charge on any atom is 0.126 e. The van der Waals surface area contributed by atoms with Crippen LogP contribution in [0.2, 0.25) is 5.02 Å². The first kappa shape index (κ1) is 15.4. The number of ether oxygens (including phenoxy) is 1. The highest BCUT2D eigenvalue weighted by atomic mass is 35.5. The second-order valence-corrected chi connectivity index (χ2v) is 4.71. The van der Waals surface area contributed by atoms with Gasteiger partial charge >= 0.3 is 0 Å². The lowest BCUT2D eigenvalue weighted by molar-refractivity contribution is 0.112. The molecule has 18 heavy (non-hydrogen) atoms. The van der Waals surface area contributed by atoms with Gasteiger partial charge in [-0.15, -0.1) is 0 Å². The largest absolute Gasteiger partial charge is 0.380 e. The molecule has 0 bridgehead atoms. The van der Waals surface area contributed by atoms with Crippen molar-refractivity contribution in [1.29, 1.82) is 0 Å². The minimum absolute atomic E-state index is 0.120. The molecular formula is C14H21ClFNO. The van der Waals surface area contributed by atoms with Crippen LogP contribution < -0.4 is 5.32 Å². The van der Waals surface area contributed by atoms with E-state index in [9.17, 15) is 4.39 Å². The zero-order valence-electron chi connectivity index (χ0n) is 11.0. The predicted octanol–water partition coefficient (Wildman–Crippen LogP) is 3.43. The van der Waals surface area contributed by atoms with Crippen LogP contribution in [0.1, 0.15) is 25.8 Å². The number of rotatable bonds is 8. The van der Waals surface area contributed by atoms with Gasteiger partial charge in [-0.25, -0.2) is 4.39 Å². The predicted molar refractivity (Wildman–Crippen MR) is 73.7 cm³/mol. The molecule has 2 nitrogen and oxygen atoms in total. The molecule has 0 saturated heterocycles. The van der Waals surface area contributed by atoms with E-state index in [1.807, 2.05) is 6.92 Å². The van der Waals surface area contributed by atoms with Crippen LogP contribution in [0.4, 0.5) is 4.39 Å². The molecule has 0 heterocycles. The fourth-order valence-corrected chi connectivity index (χ4v) is 2.01. The van der Waals surface area contributed by atoms with Gasteiger partial charge in [-0.05, 0) is 43.1 Å². The van der Waals surface area contributed by atoms with E-state index in [4.69, 9.17) is 16.3 Å². The molecule has 1 aromatic carbocycles. The normalized spacial score (nSPS) is 12.7. The van der Waals surface area contributed by atoms with E-state index in [0.717, 1.165) is 19.6 Å². The molecule has 1 unspecified atom stereocenters. The monoisotopic (exact) mass is 273 g/mol. The lowest BCUT2D eigenvalue weighted by atomic mass is 10.1. The van der Waals surface area contributed by atoms with Gasteiger partial charge in [-0.3, -0.25) is 0 Å². The third-order valence-electron chi connectivity index (χ3n) is 2.63. The Morgan fingerprint density at radius 2 is 2.17 bits per heavy atom. The van der Waals surface area contributed by atoms with E-state index in [2.05, 4.69) is 12.2 Å². The van der Waals surface area contributed by atoms with Crippen molar-refractivity contribution >= 4 is 11.6 Å². The van der Waals surface area contributed by atoms with Crippen molar-refractivity contribution < 1.29 is 9.13 Å². The third-order valence-corrected chi connectivity index (χ3v) is 2.87. The molecule has 0 aromatic heterocycles. The number of hydrogen-bond acceptors (Lipinski definition) is 2. The molecule has 1 rings (SSSR count). The second kappa shape index (κ2) is 8.46. The molecule has 0 aliphatic heterocycles. The van der Waals surface area contributed by atoms with Crippen molar-refractivity contribution in [2.24, 2.45) is 0 Å². The number of likely N-dealkylation sites (N-methyl/N-ethyl adjacent to an activating group) is 1. The fourth-order valence-electron chi connectivity index (χ4n) is 1.81. The van der Waals surface area contributed by atoms with Crippen LogP contribution in [0, 0.1) is 5.82 Å². The van der Waals surface area contributed by atoms with Gasteiger partial charge < -0.3 is 10.1 Å². The summed E-state index contributed by atoms with van der Waals surface area (Å²) in [7, 11) is 0. The summed E-state index contributed by atoms with van der Waals surface area (Å²) >= 11 is 5.89. The van der Waals surface area contributed by atoms with Gasteiger partial charge in [0.1, 0.15) is 5.82 Å². The van der Waals surface area contributed by atoms with Crippen LogP contribution >= 0.6 is 11.6 Å². The highest BCUT2D eigenvalue weighted by Crippen LogP contribution is 2.16. The van der Waals surface area contributed by atoms with Crippen LogP contribution in [0.3, 0.4) is 0 Å². The van der Waals surface area contributed by atoms with Crippen LogP contribution in [-0.2, 0) is 11.2 Å². The van der Waals surface area contributed by atoms with Crippen LogP contribution in [0.15, 0.2) is 18.2 Å².